The molecule has 0 atom stereocenters. The molecule has 1 aromatic heterocycles. The van der Waals surface area contributed by atoms with Gasteiger partial charge in [0.05, 0.1) is 0 Å². The summed E-state index contributed by atoms with van der Waals surface area (Å²) in [5.74, 6) is 0. The predicted molar refractivity (Wildman–Crippen MR) is 63.2 cm³/mol. The second kappa shape index (κ2) is 4.85. The van der Waals surface area contributed by atoms with Crippen LogP contribution in [0.25, 0.3) is 11.1 Å². The molecule has 2 aromatic rings. The highest BCUT2D eigenvalue weighted by Crippen LogP contribution is 2.20. The van der Waals surface area contributed by atoms with E-state index in [1.54, 1.807) is 18.2 Å². The zero-order valence-corrected chi connectivity index (χ0v) is 8.94. The Labute approximate surface area is 93.3 Å². The molecule has 5 heteroatoms. The lowest BCUT2D eigenvalue weighted by Gasteiger charge is -1.98. The van der Waals surface area contributed by atoms with E-state index in [2.05, 4.69) is 10.3 Å². The van der Waals surface area contributed by atoms with Crippen molar-refractivity contribution < 1.29 is 9.52 Å². The van der Waals surface area contributed by atoms with Crippen LogP contribution in [0.2, 0.25) is 0 Å². The molecule has 0 spiro atoms. The van der Waals surface area contributed by atoms with Gasteiger partial charge in [0.1, 0.15) is 5.52 Å². The van der Waals surface area contributed by atoms with Gasteiger partial charge in [-0.15, -0.1) is 0 Å². The molecule has 86 valence electrons. The number of unbranched alkanes of at least 4 members (excludes halogenated alkanes) is 1. The fourth-order valence-electron chi connectivity index (χ4n) is 1.45. The Bertz CT molecular complexity index is 467. The summed E-state index contributed by atoms with van der Waals surface area (Å²) in [6, 6.07) is 5.86. The zero-order valence-electron chi connectivity index (χ0n) is 8.94. The van der Waals surface area contributed by atoms with Crippen molar-refractivity contribution in [3.05, 3.63) is 18.2 Å². The molecule has 0 radical (unpaired) electrons. The van der Waals surface area contributed by atoms with Gasteiger partial charge in [-0.3, -0.25) is 0 Å². The first-order valence-electron chi connectivity index (χ1n) is 5.30. The van der Waals surface area contributed by atoms with Gasteiger partial charge < -0.3 is 20.6 Å². The van der Waals surface area contributed by atoms with Gasteiger partial charge in [0.15, 0.2) is 5.58 Å². The summed E-state index contributed by atoms with van der Waals surface area (Å²) in [6.07, 6.45) is 1.66. The third-order valence-corrected chi connectivity index (χ3v) is 2.27. The third kappa shape index (κ3) is 2.43. The number of benzene rings is 1. The summed E-state index contributed by atoms with van der Waals surface area (Å²) >= 11 is 0. The zero-order chi connectivity index (χ0) is 11.4. The van der Waals surface area contributed by atoms with Crippen molar-refractivity contribution in [2.75, 3.05) is 24.2 Å². The summed E-state index contributed by atoms with van der Waals surface area (Å²) in [7, 11) is 0. The van der Waals surface area contributed by atoms with Gasteiger partial charge in [-0.05, 0) is 31.0 Å². The number of nitrogens with zero attached hydrogens (tertiary/aromatic N) is 1. The molecule has 1 heterocycles. The summed E-state index contributed by atoms with van der Waals surface area (Å²) in [5.41, 5.74) is 7.79. The predicted octanol–water partition coefficient (Wildman–Crippen LogP) is 1.59. The number of rotatable bonds is 5. The Balaban J connectivity index is 2.02. The highest BCUT2D eigenvalue weighted by atomic mass is 16.4. The van der Waals surface area contributed by atoms with Crippen molar-refractivity contribution in [1.29, 1.82) is 0 Å². The first-order chi connectivity index (χ1) is 7.79. The number of oxazole rings is 1. The summed E-state index contributed by atoms with van der Waals surface area (Å²) in [5, 5.41) is 11.7. The van der Waals surface area contributed by atoms with Crippen LogP contribution in [-0.2, 0) is 0 Å². The van der Waals surface area contributed by atoms with E-state index in [0.29, 0.717) is 11.7 Å². The second-order valence-corrected chi connectivity index (χ2v) is 3.60. The molecule has 5 nitrogen and oxygen atoms in total. The second-order valence-electron chi connectivity index (χ2n) is 3.60. The molecule has 0 saturated heterocycles. The van der Waals surface area contributed by atoms with Crippen LogP contribution in [0.15, 0.2) is 22.6 Å². The minimum absolute atomic E-state index is 0.214. The standard InChI is InChI=1S/C11H15N3O2/c12-8-3-4-10-9(7-8)14-11(16-10)13-5-1-2-6-15/h3-4,7,15H,1-2,5-6,12H2,(H,13,14). The maximum atomic E-state index is 8.63. The normalized spacial score (nSPS) is 10.8. The largest absolute Gasteiger partial charge is 0.424 e. The third-order valence-electron chi connectivity index (χ3n) is 2.27. The van der Waals surface area contributed by atoms with Crippen LogP contribution in [0.5, 0.6) is 0 Å². The number of aliphatic hydroxyl groups excluding tert-OH is 1. The molecule has 0 aliphatic heterocycles. The van der Waals surface area contributed by atoms with Crippen LogP contribution >= 0.6 is 0 Å². The average Bonchev–Trinajstić information content (AvgIpc) is 2.66. The molecular weight excluding hydrogens is 206 g/mol. The molecular formula is C11H15N3O2. The van der Waals surface area contributed by atoms with E-state index in [4.69, 9.17) is 15.3 Å². The maximum Gasteiger partial charge on any atom is 0.295 e. The molecule has 0 fully saturated rings. The van der Waals surface area contributed by atoms with Crippen molar-refractivity contribution in [2.24, 2.45) is 0 Å². The van der Waals surface area contributed by atoms with Crippen molar-refractivity contribution in [1.82, 2.24) is 4.98 Å². The number of anilines is 2. The summed E-state index contributed by atoms with van der Waals surface area (Å²) < 4.78 is 5.46. The van der Waals surface area contributed by atoms with Crippen LogP contribution in [0.3, 0.4) is 0 Å². The first kappa shape index (κ1) is 10.8. The van der Waals surface area contributed by atoms with Crippen LogP contribution in [0.1, 0.15) is 12.8 Å². The van der Waals surface area contributed by atoms with Gasteiger partial charge in [0.2, 0.25) is 0 Å². The lowest BCUT2D eigenvalue weighted by Crippen LogP contribution is -2.02. The van der Waals surface area contributed by atoms with Crippen molar-refractivity contribution in [3.8, 4) is 0 Å². The maximum absolute atomic E-state index is 8.63. The SMILES string of the molecule is Nc1ccc2oc(NCCCCO)nc2c1. The molecule has 1 aromatic carbocycles. The highest BCUT2D eigenvalue weighted by molar-refractivity contribution is 5.78. The van der Waals surface area contributed by atoms with Crippen LogP contribution in [-0.4, -0.2) is 23.2 Å². The Kier molecular flexibility index (Phi) is 3.26. The van der Waals surface area contributed by atoms with Gasteiger partial charge in [0, 0.05) is 18.8 Å². The number of hydrogen-bond donors (Lipinski definition) is 3. The molecule has 0 aliphatic rings. The van der Waals surface area contributed by atoms with Gasteiger partial charge in [-0.2, -0.15) is 4.98 Å². The monoisotopic (exact) mass is 221 g/mol. The molecule has 0 aliphatic carbocycles. The first-order valence-corrected chi connectivity index (χ1v) is 5.30. The molecule has 0 amide bonds. The van der Waals surface area contributed by atoms with Gasteiger partial charge >= 0.3 is 0 Å². The molecule has 16 heavy (non-hydrogen) atoms. The smallest absolute Gasteiger partial charge is 0.295 e. The van der Waals surface area contributed by atoms with E-state index >= 15 is 0 Å². The van der Waals surface area contributed by atoms with E-state index in [0.717, 1.165) is 30.5 Å². The van der Waals surface area contributed by atoms with Gasteiger partial charge in [0.25, 0.3) is 6.01 Å². The van der Waals surface area contributed by atoms with Crippen LogP contribution in [0, 0.1) is 0 Å². The lowest BCUT2D eigenvalue weighted by molar-refractivity contribution is 0.286. The number of nitrogens with two attached hydrogens (primary N) is 1. The number of aromatic nitrogens is 1. The van der Waals surface area contributed by atoms with E-state index in [1.165, 1.54) is 0 Å². The fourth-order valence-corrected chi connectivity index (χ4v) is 1.45. The number of fused-ring (bicyclic) bond motifs is 1. The van der Waals surface area contributed by atoms with Crippen LogP contribution < -0.4 is 11.1 Å². The number of nitrogen functional groups attached to an aromatic ring is 1. The minimum atomic E-state index is 0.214. The van der Waals surface area contributed by atoms with Crippen molar-refractivity contribution >= 4 is 22.8 Å². The molecule has 0 bridgehead atoms. The van der Waals surface area contributed by atoms with Gasteiger partial charge in [-0.25, -0.2) is 0 Å². The summed E-state index contributed by atoms with van der Waals surface area (Å²) in [6.45, 7) is 0.953. The molecule has 4 N–H and O–H groups in total. The quantitative estimate of drug-likeness (QED) is 0.527. The van der Waals surface area contributed by atoms with Crippen molar-refractivity contribution in [2.45, 2.75) is 12.8 Å². The highest BCUT2D eigenvalue weighted by Gasteiger charge is 2.04. The van der Waals surface area contributed by atoms with Gasteiger partial charge in [-0.1, -0.05) is 0 Å². The summed E-state index contributed by atoms with van der Waals surface area (Å²) in [4.78, 5) is 4.25. The lowest BCUT2D eigenvalue weighted by atomic mass is 10.3. The van der Waals surface area contributed by atoms with E-state index in [-0.39, 0.29) is 6.61 Å². The Hall–Kier alpha value is -1.75. The Morgan fingerprint density at radius 2 is 2.25 bits per heavy atom. The van der Waals surface area contributed by atoms with Crippen molar-refractivity contribution in [3.63, 3.8) is 0 Å². The van der Waals surface area contributed by atoms with E-state index < -0.39 is 0 Å². The molecule has 2 rings (SSSR count). The topological polar surface area (TPSA) is 84.3 Å². The Morgan fingerprint density at radius 3 is 3.06 bits per heavy atom. The number of aliphatic hydroxyl groups is 1. The van der Waals surface area contributed by atoms with E-state index in [1.807, 2.05) is 0 Å². The van der Waals surface area contributed by atoms with E-state index in [9.17, 15) is 0 Å². The number of hydrogen-bond acceptors (Lipinski definition) is 5. The van der Waals surface area contributed by atoms with Crippen LogP contribution in [0.4, 0.5) is 11.7 Å². The molecule has 0 unspecified atom stereocenters. The number of nitrogens with one attached hydrogen (secondary N) is 1. The average molecular weight is 221 g/mol. The Morgan fingerprint density at radius 1 is 1.38 bits per heavy atom. The fraction of sp³-hybridized carbons (Fsp3) is 0.364. The molecule has 0 saturated carbocycles. The minimum Gasteiger partial charge on any atom is -0.424 e.